The second-order valence-electron chi connectivity index (χ2n) is 9.25. The monoisotopic (exact) mass is 467 g/mol. The number of amidine groups is 1. The molecule has 1 aliphatic rings. The molecule has 0 spiro atoms. The number of nitrogens with zero attached hydrogens (tertiary/aromatic N) is 1. The maximum Gasteiger partial charge on any atom is 0.268 e. The number of carbonyl (C=O) groups is 2. The van der Waals surface area contributed by atoms with Crippen LogP contribution in [0, 0.1) is 5.41 Å². The molecule has 1 aromatic heterocycles. The number of hydrogen-bond donors (Lipinski definition) is 4. The number of hydrogen-bond acceptors (Lipinski definition) is 3. The van der Waals surface area contributed by atoms with Crippen LogP contribution in [-0.2, 0) is 11.3 Å². The van der Waals surface area contributed by atoms with E-state index in [-0.39, 0.29) is 23.8 Å². The van der Waals surface area contributed by atoms with Crippen LogP contribution in [0.1, 0.15) is 47.3 Å². The van der Waals surface area contributed by atoms with Gasteiger partial charge in [0, 0.05) is 35.1 Å². The Morgan fingerprint density at radius 2 is 1.71 bits per heavy atom. The van der Waals surface area contributed by atoms with Crippen LogP contribution in [0.4, 0.5) is 0 Å². The molecule has 1 fully saturated rings. The molecule has 5 N–H and O–H groups in total. The van der Waals surface area contributed by atoms with Crippen molar-refractivity contribution >= 4 is 39.8 Å². The van der Waals surface area contributed by atoms with Crippen LogP contribution in [0.5, 0.6) is 0 Å². The third-order valence-corrected chi connectivity index (χ3v) is 7.02. The maximum atomic E-state index is 13.5. The Bertz CT molecular complexity index is 1410. The largest absolute Gasteiger partial charge is 0.384 e. The van der Waals surface area contributed by atoms with Gasteiger partial charge in [0.25, 0.3) is 5.91 Å². The number of fused-ring (bicyclic) bond motifs is 2. The van der Waals surface area contributed by atoms with E-state index in [1.165, 1.54) is 0 Å². The highest BCUT2D eigenvalue weighted by Gasteiger charge is 2.24. The molecule has 0 bridgehead atoms. The van der Waals surface area contributed by atoms with Crippen LogP contribution in [0.3, 0.4) is 0 Å². The fraction of sp³-hybridized carbons (Fsp3) is 0.250. The highest BCUT2D eigenvalue weighted by atomic mass is 16.2. The van der Waals surface area contributed by atoms with Gasteiger partial charge in [0.1, 0.15) is 11.5 Å². The minimum absolute atomic E-state index is 0.00324. The molecule has 178 valence electrons. The number of nitrogen functional groups attached to an aromatic ring is 1. The average Bonchev–Trinajstić information content (AvgIpc) is 3.23. The van der Waals surface area contributed by atoms with Crippen LogP contribution in [0.2, 0.25) is 0 Å². The highest BCUT2D eigenvalue weighted by molar-refractivity contribution is 6.02. The summed E-state index contributed by atoms with van der Waals surface area (Å²) in [7, 11) is 0. The molecule has 0 aliphatic heterocycles. The lowest BCUT2D eigenvalue weighted by Crippen LogP contribution is -2.42. The van der Waals surface area contributed by atoms with Crippen molar-refractivity contribution in [3.05, 3.63) is 83.6 Å². The Hall–Kier alpha value is -4.13. The molecule has 0 atom stereocenters. The van der Waals surface area contributed by atoms with Crippen LogP contribution >= 0.6 is 0 Å². The van der Waals surface area contributed by atoms with Crippen molar-refractivity contribution in [3.63, 3.8) is 0 Å². The first-order chi connectivity index (χ1) is 17.0. The fourth-order valence-corrected chi connectivity index (χ4v) is 5.14. The zero-order valence-electron chi connectivity index (χ0n) is 19.5. The van der Waals surface area contributed by atoms with Gasteiger partial charge in [-0.05, 0) is 54.2 Å². The second-order valence-corrected chi connectivity index (χ2v) is 9.25. The summed E-state index contributed by atoms with van der Waals surface area (Å²) < 4.78 is 2.03. The summed E-state index contributed by atoms with van der Waals surface area (Å²) in [6.45, 7) is 0.519. The Balaban J connectivity index is 1.51. The van der Waals surface area contributed by atoms with Crippen LogP contribution in [0.25, 0.3) is 21.7 Å². The number of carbonyl (C=O) groups excluding carboxylic acids is 2. The third kappa shape index (κ3) is 4.62. The number of benzene rings is 3. The molecule has 7 nitrogen and oxygen atoms in total. The zero-order valence-corrected chi connectivity index (χ0v) is 19.5. The minimum Gasteiger partial charge on any atom is -0.384 e. The lowest BCUT2D eigenvalue weighted by atomic mass is 9.91. The topological polar surface area (TPSA) is 113 Å². The van der Waals surface area contributed by atoms with Gasteiger partial charge in [-0.15, -0.1) is 0 Å². The van der Waals surface area contributed by atoms with Crippen molar-refractivity contribution in [2.75, 3.05) is 0 Å². The summed E-state index contributed by atoms with van der Waals surface area (Å²) >= 11 is 0. The van der Waals surface area contributed by atoms with Gasteiger partial charge in [0.05, 0.1) is 0 Å². The standard InChI is InChI=1S/C28H29N5O2/c29-27(30)20-9-8-19-14-26(28(35)32-23-12-10-22(11-13-23)31-17-34)33(25(19)15-20)16-21-6-3-5-18-4-1-2-7-24(18)21/h1-9,14-15,17,22-23H,10-13,16H2,(H3,29,30)(H,31,34)(H,32,35)/t22-,23-. The van der Waals surface area contributed by atoms with E-state index < -0.39 is 0 Å². The molecule has 2 amide bonds. The molecular formula is C28H29N5O2. The molecule has 0 unspecified atom stereocenters. The van der Waals surface area contributed by atoms with Crippen LogP contribution < -0.4 is 16.4 Å². The van der Waals surface area contributed by atoms with Crippen molar-refractivity contribution in [1.29, 1.82) is 5.41 Å². The Kier molecular flexibility index (Phi) is 6.23. The number of amides is 2. The first kappa shape index (κ1) is 22.7. The molecule has 0 radical (unpaired) electrons. The van der Waals surface area contributed by atoms with Crippen molar-refractivity contribution in [1.82, 2.24) is 15.2 Å². The van der Waals surface area contributed by atoms with Gasteiger partial charge in [-0.1, -0.05) is 54.6 Å². The van der Waals surface area contributed by atoms with E-state index in [1.807, 2.05) is 47.0 Å². The molecule has 3 aromatic carbocycles. The third-order valence-electron chi connectivity index (χ3n) is 7.02. The average molecular weight is 468 g/mol. The molecular weight excluding hydrogens is 438 g/mol. The molecule has 4 aromatic rings. The molecule has 5 rings (SSSR count). The first-order valence-electron chi connectivity index (χ1n) is 12.0. The highest BCUT2D eigenvalue weighted by Crippen LogP contribution is 2.27. The lowest BCUT2D eigenvalue weighted by molar-refractivity contribution is -0.110. The fourth-order valence-electron chi connectivity index (χ4n) is 5.14. The smallest absolute Gasteiger partial charge is 0.268 e. The Labute approximate surface area is 203 Å². The number of rotatable bonds is 7. The van der Waals surface area contributed by atoms with Crippen molar-refractivity contribution in [2.45, 2.75) is 44.3 Å². The summed E-state index contributed by atoms with van der Waals surface area (Å²) in [5.74, 6) is -0.117. The predicted octanol–water partition coefficient (Wildman–Crippen LogP) is 3.91. The van der Waals surface area contributed by atoms with E-state index in [9.17, 15) is 9.59 Å². The zero-order chi connectivity index (χ0) is 24.4. The van der Waals surface area contributed by atoms with Gasteiger partial charge in [-0.2, -0.15) is 0 Å². The van der Waals surface area contributed by atoms with Crippen LogP contribution in [-0.4, -0.2) is 34.8 Å². The Morgan fingerprint density at radius 3 is 2.49 bits per heavy atom. The lowest BCUT2D eigenvalue weighted by Gasteiger charge is -2.28. The SMILES string of the molecule is N=C(N)c1ccc2cc(C(=O)N[C@H]3CC[C@H](NC=O)CC3)n(Cc3cccc4ccccc34)c2c1. The minimum atomic E-state index is -0.113. The number of aromatic nitrogens is 1. The molecule has 1 aliphatic carbocycles. The summed E-state index contributed by atoms with van der Waals surface area (Å²) in [5, 5.41) is 17.2. The van der Waals surface area contributed by atoms with Gasteiger partial charge < -0.3 is 20.9 Å². The number of nitrogens with two attached hydrogens (primary N) is 1. The maximum absolute atomic E-state index is 13.5. The first-order valence-corrected chi connectivity index (χ1v) is 12.0. The summed E-state index contributed by atoms with van der Waals surface area (Å²) in [4.78, 5) is 24.2. The molecule has 0 saturated heterocycles. The van der Waals surface area contributed by atoms with Gasteiger partial charge >= 0.3 is 0 Å². The summed E-state index contributed by atoms with van der Waals surface area (Å²) in [6.07, 6.45) is 4.12. The normalized spacial score (nSPS) is 17.8. The van der Waals surface area contributed by atoms with Gasteiger partial charge in [0.15, 0.2) is 0 Å². The summed E-state index contributed by atoms with van der Waals surface area (Å²) in [6, 6.07) is 22.2. The van der Waals surface area contributed by atoms with E-state index in [2.05, 4.69) is 34.9 Å². The van der Waals surface area contributed by atoms with E-state index in [0.29, 0.717) is 17.8 Å². The van der Waals surface area contributed by atoms with E-state index in [1.54, 1.807) is 0 Å². The van der Waals surface area contributed by atoms with Crippen molar-refractivity contribution in [2.24, 2.45) is 5.73 Å². The van der Waals surface area contributed by atoms with Gasteiger partial charge in [0.2, 0.25) is 6.41 Å². The molecule has 1 saturated carbocycles. The van der Waals surface area contributed by atoms with Crippen LogP contribution in [0.15, 0.2) is 66.7 Å². The van der Waals surface area contributed by atoms with E-state index in [0.717, 1.165) is 59.3 Å². The molecule has 7 heteroatoms. The van der Waals surface area contributed by atoms with E-state index >= 15 is 0 Å². The molecule has 1 heterocycles. The molecule has 35 heavy (non-hydrogen) atoms. The quantitative estimate of drug-likeness (QED) is 0.188. The van der Waals surface area contributed by atoms with Crippen molar-refractivity contribution < 1.29 is 9.59 Å². The van der Waals surface area contributed by atoms with Gasteiger partial charge in [-0.3, -0.25) is 15.0 Å². The van der Waals surface area contributed by atoms with Crippen molar-refractivity contribution in [3.8, 4) is 0 Å². The summed E-state index contributed by atoms with van der Waals surface area (Å²) in [5.41, 5.74) is 8.97. The van der Waals surface area contributed by atoms with E-state index in [4.69, 9.17) is 11.1 Å². The second kappa shape index (κ2) is 9.62. The van der Waals surface area contributed by atoms with Gasteiger partial charge in [-0.25, -0.2) is 0 Å². The number of nitrogens with one attached hydrogen (secondary N) is 3. The Morgan fingerprint density at radius 1 is 0.971 bits per heavy atom. The predicted molar refractivity (Wildman–Crippen MR) is 139 cm³/mol.